The zero-order valence-corrected chi connectivity index (χ0v) is 31.8. The minimum Gasteiger partial charge on any atom is -0.506 e. The Morgan fingerprint density at radius 1 is 0.800 bits per heavy atom. The highest BCUT2D eigenvalue weighted by atomic mass is 16.5. The largest absolute Gasteiger partial charge is 0.506 e. The first-order valence-corrected chi connectivity index (χ1v) is 18.1. The lowest BCUT2D eigenvalue weighted by Gasteiger charge is -2.13. The maximum Gasteiger partial charge on any atom is 0.276 e. The Bertz CT molecular complexity index is 2430. The lowest BCUT2D eigenvalue weighted by Crippen LogP contribution is -2.20. The smallest absolute Gasteiger partial charge is 0.276 e. The average Bonchev–Trinajstić information content (AvgIpc) is 3.90. The Kier molecular flexibility index (Phi) is 11.3. The third-order valence-corrected chi connectivity index (χ3v) is 8.95. The van der Waals surface area contributed by atoms with Crippen LogP contribution in [0.3, 0.4) is 0 Å². The normalized spacial score (nSPS) is 11.6. The van der Waals surface area contributed by atoms with Gasteiger partial charge in [-0.15, -0.1) is 0 Å². The molecule has 0 saturated carbocycles. The Labute approximate surface area is 317 Å². The lowest BCUT2D eigenvalue weighted by atomic mass is 10.1. The van der Waals surface area contributed by atoms with E-state index in [9.17, 15) is 19.5 Å². The van der Waals surface area contributed by atoms with Crippen LogP contribution in [0.1, 0.15) is 68.6 Å². The fraction of sp³-hybridized carbons (Fsp3) is 0.342. The van der Waals surface area contributed by atoms with E-state index in [0.717, 1.165) is 24.2 Å². The molecule has 55 heavy (non-hydrogen) atoms. The number of hydrogen-bond donors (Lipinski definition) is 5. The maximum absolute atomic E-state index is 13.6. The van der Waals surface area contributed by atoms with Crippen LogP contribution >= 0.6 is 0 Å². The zero-order valence-electron chi connectivity index (χ0n) is 31.8. The Morgan fingerprint density at radius 2 is 1.35 bits per heavy atom. The number of nitrogens with zero attached hydrogens (tertiary/aromatic N) is 8. The number of aromatic hydroxyl groups is 1. The number of carbonyl (C=O) groups is 3. The minimum atomic E-state index is -0.732. The molecular weight excluding hydrogens is 704 g/mol. The van der Waals surface area contributed by atoms with Crippen LogP contribution < -0.4 is 26.4 Å². The summed E-state index contributed by atoms with van der Waals surface area (Å²) in [6, 6.07) is 10.0. The van der Waals surface area contributed by atoms with Crippen molar-refractivity contribution in [2.24, 2.45) is 5.73 Å². The second kappa shape index (κ2) is 16.3. The van der Waals surface area contributed by atoms with E-state index in [0.29, 0.717) is 65.0 Å². The molecule has 17 nitrogen and oxygen atoms in total. The van der Waals surface area contributed by atoms with Crippen LogP contribution in [-0.4, -0.2) is 81.7 Å². The molecule has 4 aromatic heterocycles. The van der Waals surface area contributed by atoms with Crippen molar-refractivity contribution >= 4 is 51.7 Å². The summed E-state index contributed by atoms with van der Waals surface area (Å²) < 4.78 is 13.0. The van der Waals surface area contributed by atoms with Crippen molar-refractivity contribution in [1.29, 1.82) is 0 Å². The van der Waals surface area contributed by atoms with Crippen LogP contribution in [0.4, 0.5) is 11.9 Å². The van der Waals surface area contributed by atoms with Gasteiger partial charge in [-0.25, -0.2) is 9.97 Å². The number of primary amides is 1. The monoisotopic (exact) mass is 750 g/mol. The van der Waals surface area contributed by atoms with Gasteiger partial charge in [0.25, 0.3) is 11.8 Å². The number of rotatable bonds is 16. The van der Waals surface area contributed by atoms with Gasteiger partial charge >= 0.3 is 0 Å². The third-order valence-electron chi connectivity index (χ3n) is 8.95. The van der Waals surface area contributed by atoms with Crippen molar-refractivity contribution in [1.82, 2.24) is 44.0 Å². The van der Waals surface area contributed by atoms with Gasteiger partial charge in [-0.05, 0) is 96.6 Å². The molecule has 0 aliphatic carbocycles. The van der Waals surface area contributed by atoms with Crippen molar-refractivity contribution in [3.63, 3.8) is 0 Å². The quantitative estimate of drug-likeness (QED) is 0.0699. The molecule has 3 amide bonds. The van der Waals surface area contributed by atoms with Crippen LogP contribution in [0.25, 0.3) is 22.1 Å². The molecule has 2 aromatic carbocycles. The first-order valence-electron chi connectivity index (χ1n) is 18.1. The number of ether oxygens (including phenoxy) is 1. The van der Waals surface area contributed by atoms with Gasteiger partial charge in [0.05, 0.1) is 29.0 Å². The van der Waals surface area contributed by atoms with Gasteiger partial charge in [-0.3, -0.25) is 34.4 Å². The summed E-state index contributed by atoms with van der Waals surface area (Å²) in [5.41, 5.74) is 10.6. The number of aryl methyl sites for hydroxylation is 5. The molecule has 4 heterocycles. The zero-order chi connectivity index (χ0) is 39.4. The van der Waals surface area contributed by atoms with Gasteiger partial charge in [0, 0.05) is 31.7 Å². The highest BCUT2D eigenvalue weighted by molar-refractivity contribution is 6.05. The number of fused-ring (bicyclic) bond motifs is 2. The molecule has 17 heteroatoms. The van der Waals surface area contributed by atoms with Gasteiger partial charge in [0.2, 0.25) is 17.8 Å². The fourth-order valence-corrected chi connectivity index (χ4v) is 6.47. The van der Waals surface area contributed by atoms with Crippen LogP contribution in [0.2, 0.25) is 0 Å². The molecular formula is C38H46N12O5. The van der Waals surface area contributed by atoms with Crippen molar-refractivity contribution in [3.05, 3.63) is 82.5 Å². The molecule has 0 aliphatic heterocycles. The number of carbonyl (C=O) groups excluding carboxylic acids is 3. The molecule has 0 aliphatic rings. The summed E-state index contributed by atoms with van der Waals surface area (Å²) in [4.78, 5) is 48.5. The van der Waals surface area contributed by atoms with E-state index in [1.807, 2.05) is 63.6 Å². The Morgan fingerprint density at radius 3 is 1.87 bits per heavy atom. The number of amides is 3. The molecule has 6 aromatic rings. The van der Waals surface area contributed by atoms with E-state index in [1.165, 1.54) is 12.1 Å². The molecule has 288 valence electrons. The molecule has 0 atom stereocenters. The molecule has 0 fully saturated rings. The van der Waals surface area contributed by atoms with Crippen molar-refractivity contribution in [3.8, 4) is 11.5 Å². The first kappa shape index (κ1) is 38.2. The van der Waals surface area contributed by atoms with E-state index < -0.39 is 11.8 Å². The summed E-state index contributed by atoms with van der Waals surface area (Å²) in [5.74, 6) is -0.678. The number of benzene rings is 2. The van der Waals surface area contributed by atoms with Crippen molar-refractivity contribution in [2.45, 2.75) is 67.2 Å². The molecule has 0 saturated heterocycles. The van der Waals surface area contributed by atoms with E-state index in [2.05, 4.69) is 31.1 Å². The summed E-state index contributed by atoms with van der Waals surface area (Å²) in [6.07, 6.45) is 4.51. The Hall–Kier alpha value is -6.49. The number of phenols is 1. The second-order valence-corrected chi connectivity index (χ2v) is 13.1. The van der Waals surface area contributed by atoms with E-state index in [1.54, 1.807) is 33.0 Å². The standard InChI is InChI=1S/C38H46N12O5/c1-7-49-28(18-23(4)45-49)35(53)43-37-42-27-20-25(34(39)52)21-30(51)32(27)47(37)13-9-10-14-48-33-26(16-22(3)17-31(33)55-15-11-12-40-6)41-38(48)44-36(54)29-19-24(5)46-50(29)8-2/h9-10,16-21,40,51H,7-8,11-15H2,1-6H3,(H2,39,52)(H,41,44,54)(H,42,43,53)/b10-9+. The second-order valence-electron chi connectivity index (χ2n) is 13.1. The third kappa shape index (κ3) is 8.06. The highest BCUT2D eigenvalue weighted by Gasteiger charge is 2.22. The predicted octanol–water partition coefficient (Wildman–Crippen LogP) is 4.30. The molecule has 6 rings (SSSR count). The van der Waals surface area contributed by atoms with E-state index in [4.69, 9.17) is 15.5 Å². The SMILES string of the molecule is CCn1nc(C)cc1C(=O)Nc1nc2cc(C(N)=O)cc(O)c2n1C/C=C/Cn1c(NC(=O)c2cc(C)nn2CC)nc2cc(C)cc(OCCCNC)c21. The highest BCUT2D eigenvalue weighted by Crippen LogP contribution is 2.32. The van der Waals surface area contributed by atoms with Gasteiger partial charge in [-0.2, -0.15) is 10.2 Å². The molecule has 0 unspecified atom stereocenters. The molecule has 6 N–H and O–H groups in total. The topological polar surface area (TPSA) is 214 Å². The van der Waals surface area contributed by atoms with Crippen molar-refractivity contribution in [2.75, 3.05) is 30.8 Å². The summed E-state index contributed by atoms with van der Waals surface area (Å²) in [6.45, 7) is 12.1. The maximum atomic E-state index is 13.6. The number of nitrogens with two attached hydrogens (primary N) is 1. The predicted molar refractivity (Wildman–Crippen MR) is 209 cm³/mol. The van der Waals surface area contributed by atoms with Gasteiger partial charge < -0.3 is 30.0 Å². The first-order chi connectivity index (χ1) is 26.4. The van der Waals surface area contributed by atoms with E-state index in [-0.39, 0.29) is 41.8 Å². The van der Waals surface area contributed by atoms with Crippen LogP contribution in [-0.2, 0) is 26.2 Å². The molecule has 0 spiro atoms. The van der Waals surface area contributed by atoms with Crippen LogP contribution in [0, 0.1) is 20.8 Å². The van der Waals surface area contributed by atoms with Crippen LogP contribution in [0.15, 0.2) is 48.6 Å². The fourth-order valence-electron chi connectivity index (χ4n) is 6.47. The summed E-state index contributed by atoms with van der Waals surface area (Å²) in [5, 5.41) is 28.9. The number of imidazole rings is 2. The van der Waals surface area contributed by atoms with Gasteiger partial charge in [0.15, 0.2) is 0 Å². The molecule has 0 radical (unpaired) electrons. The number of anilines is 2. The lowest BCUT2D eigenvalue weighted by molar-refractivity contribution is 0.0994. The van der Waals surface area contributed by atoms with Gasteiger partial charge in [0.1, 0.15) is 33.9 Å². The number of allylic oxidation sites excluding steroid dienone is 2. The van der Waals surface area contributed by atoms with E-state index >= 15 is 0 Å². The Balaban J connectivity index is 1.37. The minimum absolute atomic E-state index is 0.0701. The number of hydrogen-bond acceptors (Lipinski definition) is 10. The van der Waals surface area contributed by atoms with Gasteiger partial charge in [-0.1, -0.05) is 12.2 Å². The summed E-state index contributed by atoms with van der Waals surface area (Å²) in [7, 11) is 1.89. The van der Waals surface area contributed by atoms with Crippen molar-refractivity contribution < 1.29 is 24.2 Å². The average molecular weight is 751 g/mol. The number of aromatic nitrogens is 8. The van der Waals surface area contributed by atoms with Crippen LogP contribution in [0.5, 0.6) is 11.5 Å². The summed E-state index contributed by atoms with van der Waals surface area (Å²) >= 11 is 0. The number of nitrogens with one attached hydrogen (secondary N) is 3. The number of phenolic OH excluding ortho intramolecular Hbond substituents is 1. The molecule has 0 bridgehead atoms.